The molecule has 1 amide bonds. The Balaban J connectivity index is 1.92. The van der Waals surface area contributed by atoms with Gasteiger partial charge in [0.2, 0.25) is 5.91 Å². The molecule has 0 radical (unpaired) electrons. The van der Waals surface area contributed by atoms with Crippen LogP contribution in [-0.4, -0.2) is 30.0 Å². The molecule has 2 atom stereocenters. The zero-order chi connectivity index (χ0) is 21.1. The van der Waals surface area contributed by atoms with Crippen molar-refractivity contribution in [2.45, 2.75) is 116 Å². The summed E-state index contributed by atoms with van der Waals surface area (Å²) in [7, 11) is 1.96. The van der Waals surface area contributed by atoms with Crippen LogP contribution in [0, 0.1) is 0 Å². The van der Waals surface area contributed by atoms with Crippen molar-refractivity contribution < 1.29 is 9.53 Å². The summed E-state index contributed by atoms with van der Waals surface area (Å²) in [6.07, 6.45) is 14.7. The van der Waals surface area contributed by atoms with Crippen molar-refractivity contribution in [2.24, 2.45) is 0 Å². The van der Waals surface area contributed by atoms with Crippen molar-refractivity contribution in [3.63, 3.8) is 0 Å². The molecule has 0 saturated heterocycles. The Bertz CT molecular complexity index is 596. The van der Waals surface area contributed by atoms with Crippen LogP contribution in [0.1, 0.15) is 109 Å². The van der Waals surface area contributed by atoms with Crippen LogP contribution in [0.15, 0.2) is 24.3 Å². The van der Waals surface area contributed by atoms with Gasteiger partial charge in [0, 0.05) is 18.7 Å². The summed E-state index contributed by atoms with van der Waals surface area (Å²) in [6, 6.07) is 8.65. The summed E-state index contributed by atoms with van der Waals surface area (Å²) < 4.78 is 6.46. The lowest BCUT2D eigenvalue weighted by Gasteiger charge is -2.26. The third-order valence-corrected chi connectivity index (χ3v) is 6.32. The second-order valence-electron chi connectivity index (χ2n) is 8.74. The van der Waals surface area contributed by atoms with E-state index in [0.29, 0.717) is 6.04 Å². The first kappa shape index (κ1) is 23.8. The number of benzene rings is 1. The smallest absolute Gasteiger partial charge is 0.230 e. The predicted molar refractivity (Wildman–Crippen MR) is 123 cm³/mol. The first-order chi connectivity index (χ1) is 14.1. The van der Waals surface area contributed by atoms with E-state index in [0.717, 1.165) is 43.4 Å². The molecule has 0 bridgehead atoms. The van der Waals surface area contributed by atoms with Crippen LogP contribution in [0.5, 0.6) is 5.75 Å². The van der Waals surface area contributed by atoms with E-state index in [1.165, 1.54) is 44.9 Å². The molecule has 164 valence electrons. The lowest BCUT2D eigenvalue weighted by Crippen LogP contribution is -2.33. The van der Waals surface area contributed by atoms with Gasteiger partial charge in [-0.25, -0.2) is 0 Å². The third kappa shape index (κ3) is 7.68. The number of likely N-dealkylation sites (N-methyl/N-ethyl adjacent to an activating group) is 1. The van der Waals surface area contributed by atoms with Gasteiger partial charge in [-0.1, -0.05) is 77.5 Å². The fraction of sp³-hybridized carbons (Fsp3) is 0.731. The Morgan fingerprint density at radius 2 is 1.66 bits per heavy atom. The van der Waals surface area contributed by atoms with Crippen molar-refractivity contribution >= 4 is 5.91 Å². The Hall–Kier alpha value is -1.51. The maximum atomic E-state index is 13.1. The molecule has 0 heterocycles. The third-order valence-electron chi connectivity index (χ3n) is 6.32. The van der Waals surface area contributed by atoms with E-state index in [-0.39, 0.29) is 17.9 Å². The van der Waals surface area contributed by atoms with E-state index in [1.807, 2.05) is 24.1 Å². The highest BCUT2D eigenvalue weighted by Crippen LogP contribution is 2.35. The van der Waals surface area contributed by atoms with Crippen LogP contribution in [0.25, 0.3) is 0 Å². The zero-order valence-electron chi connectivity index (χ0n) is 19.3. The minimum Gasteiger partial charge on any atom is -0.490 e. The number of carbonyl (C=O) groups is 1. The lowest BCUT2D eigenvalue weighted by molar-refractivity contribution is -0.132. The molecule has 2 rings (SSSR count). The van der Waals surface area contributed by atoms with Crippen LogP contribution in [0.4, 0.5) is 0 Å². The number of carbonyl (C=O) groups excluding carboxylic acids is 1. The van der Waals surface area contributed by atoms with Crippen LogP contribution in [0.2, 0.25) is 0 Å². The van der Waals surface area contributed by atoms with Crippen molar-refractivity contribution in [2.75, 3.05) is 7.05 Å². The highest BCUT2D eigenvalue weighted by Gasteiger charge is 2.34. The molecule has 0 aromatic heterocycles. The van der Waals surface area contributed by atoms with E-state index in [1.54, 1.807) is 0 Å². The molecule has 0 spiro atoms. The second kappa shape index (κ2) is 12.9. The minimum absolute atomic E-state index is 0.104. The normalized spacial score (nSPS) is 15.7. The van der Waals surface area contributed by atoms with Gasteiger partial charge in [0.25, 0.3) is 0 Å². The van der Waals surface area contributed by atoms with E-state index in [2.05, 4.69) is 32.9 Å². The van der Waals surface area contributed by atoms with Gasteiger partial charge in [-0.05, 0) is 44.6 Å². The highest BCUT2D eigenvalue weighted by molar-refractivity contribution is 5.84. The topological polar surface area (TPSA) is 29.5 Å². The molecule has 0 aliphatic heterocycles. The summed E-state index contributed by atoms with van der Waals surface area (Å²) >= 11 is 0. The monoisotopic (exact) mass is 401 g/mol. The van der Waals surface area contributed by atoms with Gasteiger partial charge in [-0.3, -0.25) is 4.79 Å². The predicted octanol–water partition coefficient (Wildman–Crippen LogP) is 7.10. The zero-order valence-corrected chi connectivity index (χ0v) is 19.3. The summed E-state index contributed by atoms with van der Waals surface area (Å²) in [4.78, 5) is 15.0. The van der Waals surface area contributed by atoms with Gasteiger partial charge < -0.3 is 9.64 Å². The summed E-state index contributed by atoms with van der Waals surface area (Å²) in [5.41, 5.74) is 1.06. The van der Waals surface area contributed by atoms with Gasteiger partial charge in [0.1, 0.15) is 5.75 Å². The average molecular weight is 402 g/mol. The van der Waals surface area contributed by atoms with Crippen LogP contribution >= 0.6 is 0 Å². The maximum Gasteiger partial charge on any atom is 0.230 e. The molecule has 3 heteroatoms. The summed E-state index contributed by atoms with van der Waals surface area (Å²) in [6.45, 7) is 6.58. The first-order valence-electron chi connectivity index (χ1n) is 12.1. The molecule has 29 heavy (non-hydrogen) atoms. The molecular formula is C26H43NO2. The number of para-hydroxylation sites is 1. The number of ether oxygens (including phenoxy) is 1. The van der Waals surface area contributed by atoms with Gasteiger partial charge in [0.05, 0.1) is 12.0 Å². The minimum atomic E-state index is -0.104. The van der Waals surface area contributed by atoms with Crippen molar-refractivity contribution in [3.05, 3.63) is 29.8 Å². The fourth-order valence-electron chi connectivity index (χ4n) is 4.15. The molecule has 1 aromatic carbocycles. The van der Waals surface area contributed by atoms with Crippen molar-refractivity contribution in [1.29, 1.82) is 0 Å². The Kier molecular flexibility index (Phi) is 10.6. The summed E-state index contributed by atoms with van der Waals surface area (Å²) in [5.74, 6) is 1.05. The molecule has 1 aliphatic rings. The van der Waals surface area contributed by atoms with Gasteiger partial charge in [0.15, 0.2) is 0 Å². The van der Waals surface area contributed by atoms with Gasteiger partial charge in [-0.2, -0.15) is 0 Å². The van der Waals surface area contributed by atoms with Crippen LogP contribution in [0.3, 0.4) is 0 Å². The molecule has 1 fully saturated rings. The Morgan fingerprint density at radius 1 is 1.00 bits per heavy atom. The molecule has 3 nitrogen and oxygen atoms in total. The SMILES string of the molecule is CCCCCCCCCC(CC)Oc1ccccc1C(CC)C(=O)N(C)C1CC1. The molecule has 2 unspecified atom stereocenters. The van der Waals surface area contributed by atoms with Crippen LogP contribution in [-0.2, 0) is 4.79 Å². The highest BCUT2D eigenvalue weighted by atomic mass is 16.5. The van der Waals surface area contributed by atoms with E-state index < -0.39 is 0 Å². The molecule has 1 saturated carbocycles. The van der Waals surface area contributed by atoms with E-state index >= 15 is 0 Å². The van der Waals surface area contributed by atoms with Gasteiger partial charge in [-0.15, -0.1) is 0 Å². The summed E-state index contributed by atoms with van der Waals surface area (Å²) in [5, 5.41) is 0. The van der Waals surface area contributed by atoms with Crippen molar-refractivity contribution in [1.82, 2.24) is 4.90 Å². The number of rotatable bonds is 15. The number of unbranched alkanes of at least 4 members (excludes halogenated alkanes) is 6. The number of amides is 1. The molecule has 1 aromatic rings. The van der Waals surface area contributed by atoms with E-state index in [4.69, 9.17) is 4.74 Å². The molecular weight excluding hydrogens is 358 g/mol. The largest absolute Gasteiger partial charge is 0.490 e. The average Bonchev–Trinajstić information content (AvgIpc) is 3.58. The number of nitrogens with zero attached hydrogens (tertiary/aromatic N) is 1. The first-order valence-corrected chi connectivity index (χ1v) is 12.1. The lowest BCUT2D eigenvalue weighted by atomic mass is 9.94. The standard InChI is InChI=1S/C26H43NO2/c1-5-8-9-10-11-12-13-16-22(6-2)29-25-18-15-14-17-24(25)23(7-3)26(28)27(4)21-19-20-21/h14-15,17-18,21-23H,5-13,16,19-20H2,1-4H3. The Morgan fingerprint density at radius 3 is 2.28 bits per heavy atom. The van der Waals surface area contributed by atoms with Crippen LogP contribution < -0.4 is 4.74 Å². The molecule has 1 aliphatic carbocycles. The second-order valence-corrected chi connectivity index (χ2v) is 8.74. The van der Waals surface area contributed by atoms with Crippen molar-refractivity contribution in [3.8, 4) is 5.75 Å². The fourth-order valence-corrected chi connectivity index (χ4v) is 4.15. The van der Waals surface area contributed by atoms with E-state index in [9.17, 15) is 4.79 Å². The number of hydrogen-bond donors (Lipinski definition) is 0. The maximum absolute atomic E-state index is 13.1. The Labute approximate surface area is 179 Å². The quantitative estimate of drug-likeness (QED) is 0.293. The molecule has 0 N–H and O–H groups in total. The number of hydrogen-bond acceptors (Lipinski definition) is 2. The van der Waals surface area contributed by atoms with Gasteiger partial charge >= 0.3 is 0 Å².